The number of carbonyl (C=O) groups excluding carboxylic acids is 2. The van der Waals surface area contributed by atoms with E-state index < -0.39 is 0 Å². The molecule has 0 atom stereocenters. The molecule has 2 N–H and O–H groups in total. The van der Waals surface area contributed by atoms with Crippen LogP contribution in [0, 0.1) is 0 Å². The Morgan fingerprint density at radius 1 is 1.00 bits per heavy atom. The van der Waals surface area contributed by atoms with Crippen LogP contribution in [0.3, 0.4) is 0 Å². The maximum absolute atomic E-state index is 11.5. The van der Waals surface area contributed by atoms with E-state index in [-0.39, 0.29) is 18.4 Å². The largest absolute Gasteiger partial charge is 0.355 e. The summed E-state index contributed by atoms with van der Waals surface area (Å²) >= 11 is 0. The van der Waals surface area contributed by atoms with E-state index in [1.165, 1.54) is 5.56 Å². The van der Waals surface area contributed by atoms with Crippen molar-refractivity contribution in [2.45, 2.75) is 39.0 Å². The van der Waals surface area contributed by atoms with E-state index in [0.717, 1.165) is 25.7 Å². The summed E-state index contributed by atoms with van der Waals surface area (Å²) in [5.74, 6) is -0.172. The summed E-state index contributed by atoms with van der Waals surface area (Å²) in [6, 6.07) is 10.2. The average molecular weight is 276 g/mol. The molecule has 0 bridgehead atoms. The van der Waals surface area contributed by atoms with Crippen LogP contribution in [0.1, 0.15) is 38.2 Å². The molecule has 0 unspecified atom stereocenters. The van der Waals surface area contributed by atoms with Gasteiger partial charge < -0.3 is 10.6 Å². The van der Waals surface area contributed by atoms with Crippen LogP contribution in [0.4, 0.5) is 0 Å². The zero-order valence-electron chi connectivity index (χ0n) is 12.2. The van der Waals surface area contributed by atoms with Gasteiger partial charge in [0.05, 0.1) is 6.54 Å². The maximum atomic E-state index is 11.5. The molecule has 0 aliphatic carbocycles. The first-order valence-electron chi connectivity index (χ1n) is 7.29. The molecule has 4 nitrogen and oxygen atoms in total. The normalized spacial score (nSPS) is 10.1. The molecule has 0 fully saturated rings. The van der Waals surface area contributed by atoms with Crippen molar-refractivity contribution in [2.75, 3.05) is 13.1 Å². The highest BCUT2D eigenvalue weighted by molar-refractivity contribution is 5.84. The Balaban J connectivity index is 2.04. The first-order chi connectivity index (χ1) is 9.72. The molecule has 20 heavy (non-hydrogen) atoms. The summed E-state index contributed by atoms with van der Waals surface area (Å²) in [7, 11) is 0. The molecule has 0 radical (unpaired) electrons. The average Bonchev–Trinajstić information content (AvgIpc) is 2.48. The molecule has 0 heterocycles. The molecule has 4 heteroatoms. The molecule has 0 spiro atoms. The van der Waals surface area contributed by atoms with Crippen LogP contribution >= 0.6 is 0 Å². The van der Waals surface area contributed by atoms with Gasteiger partial charge >= 0.3 is 0 Å². The van der Waals surface area contributed by atoms with Gasteiger partial charge in [-0.25, -0.2) is 0 Å². The number of carbonyl (C=O) groups is 2. The molecule has 0 aliphatic heterocycles. The molecule has 1 aromatic carbocycles. The Hall–Kier alpha value is -1.84. The minimum atomic E-state index is -0.122. The van der Waals surface area contributed by atoms with E-state index in [2.05, 4.69) is 22.8 Å². The standard InChI is InChI=1S/C16H24N2O2/c1-2-3-11-15(19)18-13-16(20)17-12-7-10-14-8-5-4-6-9-14/h4-6,8-9H,2-3,7,10-13H2,1H3,(H,17,20)(H,18,19). The lowest BCUT2D eigenvalue weighted by atomic mass is 10.1. The number of benzene rings is 1. The second-order valence-corrected chi connectivity index (χ2v) is 4.82. The highest BCUT2D eigenvalue weighted by Gasteiger charge is 2.04. The molecule has 1 rings (SSSR count). The number of nitrogens with one attached hydrogen (secondary N) is 2. The Bertz CT molecular complexity index is 404. The molecular weight excluding hydrogens is 252 g/mol. The van der Waals surface area contributed by atoms with Crippen LogP contribution in [0.2, 0.25) is 0 Å². The van der Waals surface area contributed by atoms with E-state index in [4.69, 9.17) is 0 Å². The molecule has 110 valence electrons. The van der Waals surface area contributed by atoms with Crippen LogP contribution in [0.5, 0.6) is 0 Å². The summed E-state index contributed by atoms with van der Waals surface area (Å²) in [6.07, 6.45) is 4.20. The van der Waals surface area contributed by atoms with Gasteiger partial charge in [-0.3, -0.25) is 9.59 Å². The van der Waals surface area contributed by atoms with E-state index >= 15 is 0 Å². The molecule has 0 aliphatic rings. The van der Waals surface area contributed by atoms with Crippen molar-refractivity contribution in [1.29, 1.82) is 0 Å². The Morgan fingerprint density at radius 2 is 1.75 bits per heavy atom. The number of hydrogen-bond donors (Lipinski definition) is 2. The van der Waals surface area contributed by atoms with Crippen molar-refractivity contribution >= 4 is 11.8 Å². The van der Waals surface area contributed by atoms with Crippen molar-refractivity contribution in [3.05, 3.63) is 35.9 Å². The number of amides is 2. The second-order valence-electron chi connectivity index (χ2n) is 4.82. The maximum Gasteiger partial charge on any atom is 0.239 e. The van der Waals surface area contributed by atoms with Gasteiger partial charge in [0.1, 0.15) is 0 Å². The van der Waals surface area contributed by atoms with Gasteiger partial charge in [0.15, 0.2) is 0 Å². The summed E-state index contributed by atoms with van der Waals surface area (Å²) in [5, 5.41) is 5.44. The molecule has 0 saturated heterocycles. The Morgan fingerprint density at radius 3 is 2.45 bits per heavy atom. The predicted octanol–water partition coefficient (Wildman–Crippen LogP) is 2.04. The molecule has 0 saturated carbocycles. The van der Waals surface area contributed by atoms with Gasteiger partial charge in [-0.15, -0.1) is 0 Å². The SMILES string of the molecule is CCCCC(=O)NCC(=O)NCCCc1ccccc1. The molecular formula is C16H24N2O2. The van der Waals surface area contributed by atoms with Crippen molar-refractivity contribution in [3.8, 4) is 0 Å². The van der Waals surface area contributed by atoms with Gasteiger partial charge in [0.25, 0.3) is 0 Å². The van der Waals surface area contributed by atoms with Gasteiger partial charge in [0.2, 0.25) is 11.8 Å². The summed E-state index contributed by atoms with van der Waals surface area (Å²) < 4.78 is 0. The Labute approximate surface area is 121 Å². The lowest BCUT2D eigenvalue weighted by Gasteiger charge is -2.07. The van der Waals surface area contributed by atoms with Crippen LogP contribution in [-0.2, 0) is 16.0 Å². The quantitative estimate of drug-likeness (QED) is 0.678. The molecule has 0 aromatic heterocycles. The molecule has 1 aromatic rings. The fourth-order valence-electron chi connectivity index (χ4n) is 1.83. The first-order valence-corrected chi connectivity index (χ1v) is 7.29. The minimum absolute atomic E-state index is 0.0497. The predicted molar refractivity (Wildman–Crippen MR) is 80.3 cm³/mol. The van der Waals surface area contributed by atoms with Crippen LogP contribution in [-0.4, -0.2) is 24.9 Å². The van der Waals surface area contributed by atoms with Crippen LogP contribution in [0.15, 0.2) is 30.3 Å². The number of unbranched alkanes of at least 4 members (excludes halogenated alkanes) is 1. The lowest BCUT2D eigenvalue weighted by Crippen LogP contribution is -2.37. The third-order valence-corrected chi connectivity index (χ3v) is 3.01. The first kappa shape index (κ1) is 16.2. The van der Waals surface area contributed by atoms with Gasteiger partial charge in [0, 0.05) is 13.0 Å². The fraction of sp³-hybridized carbons (Fsp3) is 0.500. The van der Waals surface area contributed by atoms with Crippen LogP contribution in [0.25, 0.3) is 0 Å². The monoisotopic (exact) mass is 276 g/mol. The van der Waals surface area contributed by atoms with E-state index in [0.29, 0.717) is 13.0 Å². The van der Waals surface area contributed by atoms with Gasteiger partial charge in [-0.2, -0.15) is 0 Å². The van der Waals surface area contributed by atoms with Crippen LogP contribution < -0.4 is 10.6 Å². The zero-order valence-corrected chi connectivity index (χ0v) is 12.2. The van der Waals surface area contributed by atoms with Gasteiger partial charge in [-0.1, -0.05) is 43.7 Å². The number of rotatable bonds is 9. The second kappa shape index (κ2) is 10.0. The third-order valence-electron chi connectivity index (χ3n) is 3.01. The number of aryl methyl sites for hydroxylation is 1. The highest BCUT2D eigenvalue weighted by atomic mass is 16.2. The number of hydrogen-bond acceptors (Lipinski definition) is 2. The summed E-state index contributed by atoms with van der Waals surface area (Å²) in [4.78, 5) is 22.8. The fourth-order valence-corrected chi connectivity index (χ4v) is 1.83. The Kier molecular flexibility index (Phi) is 8.11. The van der Waals surface area contributed by atoms with Crippen molar-refractivity contribution in [3.63, 3.8) is 0 Å². The third kappa shape index (κ3) is 7.56. The van der Waals surface area contributed by atoms with E-state index in [1.807, 2.05) is 25.1 Å². The smallest absolute Gasteiger partial charge is 0.239 e. The topological polar surface area (TPSA) is 58.2 Å². The highest BCUT2D eigenvalue weighted by Crippen LogP contribution is 2.01. The zero-order chi connectivity index (χ0) is 14.6. The summed E-state index contributed by atoms with van der Waals surface area (Å²) in [5.41, 5.74) is 1.27. The minimum Gasteiger partial charge on any atom is -0.355 e. The van der Waals surface area contributed by atoms with Crippen molar-refractivity contribution in [1.82, 2.24) is 10.6 Å². The van der Waals surface area contributed by atoms with E-state index in [1.54, 1.807) is 0 Å². The summed E-state index contributed by atoms with van der Waals surface area (Å²) in [6.45, 7) is 2.75. The van der Waals surface area contributed by atoms with Gasteiger partial charge in [-0.05, 0) is 24.8 Å². The molecule has 2 amide bonds. The lowest BCUT2D eigenvalue weighted by molar-refractivity contribution is -0.126. The van der Waals surface area contributed by atoms with Crippen molar-refractivity contribution in [2.24, 2.45) is 0 Å². The van der Waals surface area contributed by atoms with E-state index in [9.17, 15) is 9.59 Å². The van der Waals surface area contributed by atoms with Crippen molar-refractivity contribution < 1.29 is 9.59 Å².